The van der Waals surface area contributed by atoms with E-state index < -0.39 is 59.8 Å². The van der Waals surface area contributed by atoms with Gasteiger partial charge in [-0.2, -0.15) is 0 Å². The molecular formula is C33H48O9Si2. The maximum absolute atomic E-state index is 13.6. The van der Waals surface area contributed by atoms with Gasteiger partial charge in [0.15, 0.2) is 18.5 Å². The lowest BCUT2D eigenvalue weighted by Gasteiger charge is -2.55. The SMILES string of the molecule is CO[C@H]1O[C@@H]2CO[Si](C(C)C)(C(C)C)O[Si](C(C)C)(C(C)C)O[C@H]2[C@H](OC(=O)c2ccccc2)[C@H]1OC(=O)c1ccccc1. The highest BCUT2D eigenvalue weighted by molar-refractivity contribution is 6.84. The Morgan fingerprint density at radius 1 is 0.705 bits per heavy atom. The molecule has 2 aliphatic heterocycles. The number of methoxy groups -OCH3 is 1. The number of carbonyl (C=O) groups is 2. The average Bonchev–Trinajstić information content (AvgIpc) is 2.99. The van der Waals surface area contributed by atoms with Gasteiger partial charge in [0.1, 0.15) is 12.2 Å². The van der Waals surface area contributed by atoms with E-state index in [1.165, 1.54) is 7.11 Å². The number of esters is 2. The van der Waals surface area contributed by atoms with Crippen molar-refractivity contribution in [3.05, 3.63) is 71.8 Å². The van der Waals surface area contributed by atoms with Crippen LogP contribution in [0.5, 0.6) is 0 Å². The average molecular weight is 645 g/mol. The van der Waals surface area contributed by atoms with Gasteiger partial charge < -0.3 is 31.9 Å². The first-order chi connectivity index (χ1) is 20.9. The molecule has 0 spiro atoms. The Bertz CT molecular complexity index is 1220. The normalized spacial score (nSPS) is 26.6. The lowest BCUT2D eigenvalue weighted by Crippen LogP contribution is -2.71. The number of hydrogen-bond donors (Lipinski definition) is 0. The van der Waals surface area contributed by atoms with Crippen LogP contribution in [0.15, 0.2) is 60.7 Å². The zero-order chi connectivity index (χ0) is 32.2. The smallest absolute Gasteiger partial charge is 0.338 e. The molecule has 11 heteroatoms. The monoisotopic (exact) mass is 644 g/mol. The van der Waals surface area contributed by atoms with Crippen molar-refractivity contribution >= 4 is 29.1 Å². The summed E-state index contributed by atoms with van der Waals surface area (Å²) in [5, 5.41) is 0. The molecule has 5 atom stereocenters. The van der Waals surface area contributed by atoms with E-state index >= 15 is 0 Å². The van der Waals surface area contributed by atoms with Crippen LogP contribution in [-0.2, 0) is 31.9 Å². The largest absolute Gasteiger partial charge is 0.452 e. The van der Waals surface area contributed by atoms with E-state index in [0.717, 1.165) is 0 Å². The van der Waals surface area contributed by atoms with Crippen LogP contribution in [0.1, 0.15) is 76.1 Å². The highest BCUT2D eigenvalue weighted by Gasteiger charge is 2.62. The summed E-state index contributed by atoms with van der Waals surface area (Å²) >= 11 is 0. The fourth-order valence-corrected chi connectivity index (χ4v) is 17.5. The van der Waals surface area contributed by atoms with Crippen molar-refractivity contribution in [1.82, 2.24) is 0 Å². The van der Waals surface area contributed by atoms with Gasteiger partial charge in [-0.05, 0) is 46.4 Å². The number of hydrogen-bond acceptors (Lipinski definition) is 9. The van der Waals surface area contributed by atoms with Crippen LogP contribution in [0.3, 0.4) is 0 Å². The van der Waals surface area contributed by atoms with E-state index in [-0.39, 0.29) is 28.8 Å². The van der Waals surface area contributed by atoms with E-state index in [1.807, 2.05) is 12.1 Å². The van der Waals surface area contributed by atoms with E-state index in [4.69, 9.17) is 31.9 Å². The van der Waals surface area contributed by atoms with Crippen molar-refractivity contribution in [3.63, 3.8) is 0 Å². The maximum atomic E-state index is 13.6. The Hall–Kier alpha value is -2.39. The Kier molecular flexibility index (Phi) is 11.3. The van der Waals surface area contributed by atoms with Crippen LogP contribution in [0, 0.1) is 0 Å². The molecular weight excluding hydrogens is 597 g/mol. The van der Waals surface area contributed by atoms with Crippen LogP contribution >= 0.6 is 0 Å². The van der Waals surface area contributed by atoms with Crippen molar-refractivity contribution in [2.75, 3.05) is 13.7 Å². The van der Waals surface area contributed by atoms with Crippen molar-refractivity contribution in [2.24, 2.45) is 0 Å². The summed E-state index contributed by atoms with van der Waals surface area (Å²) in [6, 6.07) is 17.3. The molecule has 2 aliphatic rings. The molecule has 9 nitrogen and oxygen atoms in total. The molecule has 2 aromatic carbocycles. The second-order valence-corrected chi connectivity index (χ2v) is 21.7. The third-order valence-corrected chi connectivity index (χ3v) is 18.9. The molecule has 2 fully saturated rings. The second kappa shape index (κ2) is 14.4. The summed E-state index contributed by atoms with van der Waals surface area (Å²) in [6.45, 7) is 17.2. The van der Waals surface area contributed by atoms with E-state index in [1.54, 1.807) is 48.5 Å². The van der Waals surface area contributed by atoms with Gasteiger partial charge in [-0.15, -0.1) is 0 Å². The van der Waals surface area contributed by atoms with Gasteiger partial charge in [0.25, 0.3) is 0 Å². The summed E-state index contributed by atoms with van der Waals surface area (Å²) in [5.74, 6) is -1.17. The van der Waals surface area contributed by atoms with E-state index in [0.29, 0.717) is 11.1 Å². The van der Waals surface area contributed by atoms with E-state index in [2.05, 4.69) is 55.4 Å². The van der Waals surface area contributed by atoms with Crippen molar-refractivity contribution in [2.45, 2.75) is 108 Å². The van der Waals surface area contributed by atoms with Crippen molar-refractivity contribution in [1.29, 1.82) is 0 Å². The van der Waals surface area contributed by atoms with Gasteiger partial charge in [0, 0.05) is 7.11 Å². The van der Waals surface area contributed by atoms with E-state index in [9.17, 15) is 9.59 Å². The van der Waals surface area contributed by atoms with Crippen LogP contribution in [-0.4, -0.2) is 73.5 Å². The molecule has 0 aliphatic carbocycles. The molecule has 44 heavy (non-hydrogen) atoms. The molecule has 0 aromatic heterocycles. The minimum absolute atomic E-state index is 0.0187. The fraction of sp³-hybridized carbons (Fsp3) is 0.576. The lowest BCUT2D eigenvalue weighted by molar-refractivity contribution is -0.292. The first kappa shape index (κ1) is 34.5. The van der Waals surface area contributed by atoms with Gasteiger partial charge in [0.2, 0.25) is 0 Å². The summed E-state index contributed by atoms with van der Waals surface area (Å²) in [4.78, 5) is 27.0. The Labute approximate surface area is 264 Å². The quantitative estimate of drug-likeness (QED) is 0.216. The molecule has 0 bridgehead atoms. The van der Waals surface area contributed by atoms with Gasteiger partial charge in [0.05, 0.1) is 17.7 Å². The first-order valence-corrected chi connectivity index (χ1v) is 19.5. The minimum atomic E-state index is -3.14. The third-order valence-electron chi connectivity index (χ3n) is 8.66. The zero-order valence-corrected chi connectivity index (χ0v) is 29.4. The number of ether oxygens (including phenoxy) is 4. The lowest BCUT2D eigenvalue weighted by atomic mass is 9.98. The third kappa shape index (κ3) is 6.89. The molecule has 4 rings (SSSR count). The molecule has 0 amide bonds. The number of rotatable bonds is 9. The summed E-state index contributed by atoms with van der Waals surface area (Å²) < 4.78 is 46.0. The number of carbonyl (C=O) groups excluding carboxylic acids is 2. The topological polar surface area (TPSA) is 98.8 Å². The Morgan fingerprint density at radius 2 is 1.16 bits per heavy atom. The van der Waals surface area contributed by atoms with Crippen LogP contribution < -0.4 is 0 Å². The van der Waals surface area contributed by atoms with Crippen molar-refractivity contribution < 1.29 is 41.5 Å². The number of fused-ring (bicyclic) bond motifs is 1. The minimum Gasteiger partial charge on any atom is -0.452 e. The predicted octanol–water partition coefficient (Wildman–Crippen LogP) is 6.77. The molecule has 0 saturated carbocycles. The highest BCUT2D eigenvalue weighted by Crippen LogP contribution is 2.47. The van der Waals surface area contributed by atoms with Crippen LogP contribution in [0.4, 0.5) is 0 Å². The Morgan fingerprint density at radius 3 is 1.59 bits per heavy atom. The molecule has 0 N–H and O–H groups in total. The second-order valence-electron chi connectivity index (χ2n) is 12.8. The Balaban J connectivity index is 1.83. The van der Waals surface area contributed by atoms with Gasteiger partial charge >= 0.3 is 29.1 Å². The molecule has 242 valence electrons. The van der Waals surface area contributed by atoms with Crippen LogP contribution in [0.25, 0.3) is 0 Å². The predicted molar refractivity (Wildman–Crippen MR) is 171 cm³/mol. The van der Waals surface area contributed by atoms with Gasteiger partial charge in [-0.25, -0.2) is 9.59 Å². The molecule has 2 aromatic rings. The zero-order valence-electron chi connectivity index (χ0n) is 27.4. The molecule has 0 radical (unpaired) electrons. The number of benzene rings is 2. The van der Waals surface area contributed by atoms with Gasteiger partial charge in [-0.1, -0.05) is 91.8 Å². The standard InChI is InChI=1S/C33H48O9Si2/c1-21(2)43(22(3)4)37-20-27-28(41-44(42-43,23(5)6)24(7)8)29(39-31(34)25-16-12-10-13-17-25)30(33(36-9)38-27)40-32(35)26-18-14-11-15-19-26/h10-19,21-24,27-30,33H,20H2,1-9H3/t27-,28-,29+,30-,33+/m1/s1. The van der Waals surface area contributed by atoms with Gasteiger partial charge in [-0.3, -0.25) is 0 Å². The fourth-order valence-electron chi connectivity index (χ4n) is 6.27. The maximum Gasteiger partial charge on any atom is 0.338 e. The molecule has 0 unspecified atom stereocenters. The first-order valence-electron chi connectivity index (χ1n) is 15.6. The van der Waals surface area contributed by atoms with Crippen LogP contribution in [0.2, 0.25) is 22.2 Å². The molecule has 2 saturated heterocycles. The highest BCUT2D eigenvalue weighted by atomic mass is 28.5. The summed E-state index contributed by atoms with van der Waals surface area (Å²) in [6.07, 6.45) is -4.80. The molecule has 2 heterocycles. The summed E-state index contributed by atoms with van der Waals surface area (Å²) in [7, 11) is -4.53. The summed E-state index contributed by atoms with van der Waals surface area (Å²) in [5.41, 5.74) is 1.02. The van der Waals surface area contributed by atoms with Crippen molar-refractivity contribution in [3.8, 4) is 0 Å².